The van der Waals surface area contributed by atoms with E-state index >= 15 is 0 Å². The van der Waals surface area contributed by atoms with Gasteiger partial charge in [0.25, 0.3) is 0 Å². The van der Waals surface area contributed by atoms with Crippen molar-refractivity contribution in [1.29, 1.82) is 0 Å². The molecule has 23 heavy (non-hydrogen) atoms. The summed E-state index contributed by atoms with van der Waals surface area (Å²) in [6, 6.07) is 2.12. The van der Waals surface area contributed by atoms with E-state index in [9.17, 15) is 4.79 Å². The molecule has 0 spiro atoms. The number of carbonyl (C=O) groups is 1. The molecule has 2 rings (SSSR count). The van der Waals surface area contributed by atoms with Crippen molar-refractivity contribution in [3.8, 4) is 0 Å². The van der Waals surface area contributed by atoms with Gasteiger partial charge >= 0.3 is 6.09 Å². The van der Waals surface area contributed by atoms with Gasteiger partial charge in [-0.05, 0) is 48.5 Å². The molecule has 0 aliphatic carbocycles. The Morgan fingerprint density at radius 3 is 2.13 bits per heavy atom. The lowest BCUT2D eigenvalue weighted by atomic mass is 10.1. The molecule has 1 aromatic heterocycles. The zero-order valence-corrected chi connectivity index (χ0v) is 15.5. The van der Waals surface area contributed by atoms with E-state index in [1.807, 2.05) is 27.7 Å². The molecule has 0 atom stereocenters. The van der Waals surface area contributed by atoms with Gasteiger partial charge in [-0.15, -0.1) is 0 Å². The number of rotatable bonds is 1. The molecule has 0 radical (unpaired) electrons. The van der Waals surface area contributed by atoms with Crippen LogP contribution >= 0.6 is 0 Å². The number of hydrogen-bond acceptors (Lipinski definition) is 4. The molecule has 0 bridgehead atoms. The Hall–Kier alpha value is -1.72. The molecule has 1 fully saturated rings. The van der Waals surface area contributed by atoms with E-state index in [1.165, 1.54) is 0 Å². The molecule has 1 saturated heterocycles. The number of anilines is 1. The van der Waals surface area contributed by atoms with Gasteiger partial charge in [0.15, 0.2) is 0 Å². The van der Waals surface area contributed by atoms with Gasteiger partial charge in [0, 0.05) is 32.2 Å². The maximum absolute atomic E-state index is 12.2. The molecule has 1 amide bonds. The second-order valence-corrected chi connectivity index (χ2v) is 8.18. The zero-order chi connectivity index (χ0) is 17.4. The summed E-state index contributed by atoms with van der Waals surface area (Å²) in [4.78, 5) is 16.2. The van der Waals surface area contributed by atoms with Crippen LogP contribution in [-0.2, 0) is 10.3 Å². The van der Waals surface area contributed by atoms with Gasteiger partial charge in [0.2, 0.25) is 0 Å². The first kappa shape index (κ1) is 17.6. The first-order chi connectivity index (χ1) is 10.5. The summed E-state index contributed by atoms with van der Waals surface area (Å²) in [5, 5.41) is 4.63. The van der Waals surface area contributed by atoms with Gasteiger partial charge < -0.3 is 14.5 Å². The van der Waals surface area contributed by atoms with Gasteiger partial charge in [-0.1, -0.05) is 0 Å². The van der Waals surface area contributed by atoms with E-state index in [0.717, 1.165) is 24.6 Å². The molecule has 0 N–H and O–H groups in total. The number of nitrogens with zero attached hydrogens (tertiary/aromatic N) is 4. The highest BCUT2D eigenvalue weighted by Crippen LogP contribution is 2.25. The fraction of sp³-hybridized carbons (Fsp3) is 0.765. The van der Waals surface area contributed by atoms with Gasteiger partial charge in [-0.3, -0.25) is 0 Å². The Bertz CT molecular complexity index is 558. The minimum Gasteiger partial charge on any atom is -0.444 e. The average molecular weight is 322 g/mol. The lowest BCUT2D eigenvalue weighted by molar-refractivity contribution is 0.0240. The van der Waals surface area contributed by atoms with Crippen LogP contribution in [0.5, 0.6) is 0 Å². The summed E-state index contributed by atoms with van der Waals surface area (Å²) in [5.74, 6) is 1.12. The topological polar surface area (TPSA) is 50.6 Å². The third-order valence-corrected chi connectivity index (χ3v) is 3.70. The summed E-state index contributed by atoms with van der Waals surface area (Å²) in [6.45, 7) is 17.1. The highest BCUT2D eigenvalue weighted by atomic mass is 16.6. The summed E-state index contributed by atoms with van der Waals surface area (Å²) < 4.78 is 7.53. The molecule has 0 aromatic carbocycles. The van der Waals surface area contributed by atoms with E-state index in [2.05, 4.69) is 41.5 Å². The Morgan fingerprint density at radius 2 is 1.65 bits per heavy atom. The summed E-state index contributed by atoms with van der Waals surface area (Å²) >= 11 is 0. The summed E-state index contributed by atoms with van der Waals surface area (Å²) in [5.41, 5.74) is 0.506. The first-order valence-electron chi connectivity index (χ1n) is 8.27. The number of amides is 1. The highest BCUT2D eigenvalue weighted by molar-refractivity contribution is 5.68. The number of aryl methyl sites for hydroxylation is 1. The lowest BCUT2D eigenvalue weighted by Crippen LogP contribution is -2.51. The van der Waals surface area contributed by atoms with Gasteiger partial charge in [0.05, 0.1) is 11.2 Å². The summed E-state index contributed by atoms with van der Waals surface area (Å²) in [7, 11) is 0. The van der Waals surface area contributed by atoms with Crippen molar-refractivity contribution in [2.75, 3.05) is 31.1 Å². The molecule has 6 nitrogen and oxygen atoms in total. The van der Waals surface area contributed by atoms with E-state index in [1.54, 1.807) is 4.90 Å². The van der Waals surface area contributed by atoms with Gasteiger partial charge in [-0.25, -0.2) is 9.48 Å². The van der Waals surface area contributed by atoms with Crippen molar-refractivity contribution in [2.24, 2.45) is 0 Å². The number of piperazine rings is 1. The minimum absolute atomic E-state index is 0.0636. The van der Waals surface area contributed by atoms with Crippen LogP contribution in [0.3, 0.4) is 0 Å². The average Bonchev–Trinajstić information content (AvgIpc) is 2.79. The highest BCUT2D eigenvalue weighted by Gasteiger charge is 2.28. The Kier molecular flexibility index (Phi) is 4.64. The number of aromatic nitrogens is 2. The molecular formula is C17H30N4O2. The van der Waals surface area contributed by atoms with Gasteiger partial charge in [0.1, 0.15) is 11.4 Å². The largest absolute Gasteiger partial charge is 0.444 e. The van der Waals surface area contributed by atoms with Crippen molar-refractivity contribution in [3.63, 3.8) is 0 Å². The lowest BCUT2D eigenvalue weighted by Gasteiger charge is -2.37. The molecule has 130 valence electrons. The van der Waals surface area contributed by atoms with Crippen LogP contribution in [0.1, 0.15) is 47.2 Å². The monoisotopic (exact) mass is 322 g/mol. The molecule has 6 heteroatoms. The smallest absolute Gasteiger partial charge is 0.410 e. The Morgan fingerprint density at radius 1 is 1.09 bits per heavy atom. The normalized spacial score (nSPS) is 16.7. The Balaban J connectivity index is 2.04. The van der Waals surface area contributed by atoms with Gasteiger partial charge in [-0.2, -0.15) is 5.10 Å². The van der Waals surface area contributed by atoms with Crippen molar-refractivity contribution in [2.45, 2.75) is 59.6 Å². The van der Waals surface area contributed by atoms with Crippen molar-refractivity contribution >= 4 is 11.9 Å². The van der Waals surface area contributed by atoms with Crippen molar-refractivity contribution in [1.82, 2.24) is 14.7 Å². The van der Waals surface area contributed by atoms with E-state index in [4.69, 9.17) is 4.74 Å². The standard InChI is InChI=1S/C17H30N4O2/c1-13-12-14(21(18-13)16(2,3)4)19-8-10-20(11-9-19)15(22)23-17(5,6)7/h12H,8-11H2,1-7H3. The minimum atomic E-state index is -0.448. The molecule has 1 aliphatic heterocycles. The van der Waals surface area contributed by atoms with E-state index in [-0.39, 0.29) is 11.6 Å². The zero-order valence-electron chi connectivity index (χ0n) is 15.5. The fourth-order valence-corrected chi connectivity index (χ4v) is 2.65. The summed E-state index contributed by atoms with van der Waals surface area (Å²) in [6.07, 6.45) is -0.224. The van der Waals surface area contributed by atoms with Crippen LogP contribution in [0, 0.1) is 6.92 Å². The molecule has 1 aliphatic rings. The predicted octanol–water partition coefficient (Wildman–Crippen LogP) is 3.00. The third kappa shape index (κ3) is 4.39. The van der Waals surface area contributed by atoms with Crippen LogP contribution in [0.2, 0.25) is 0 Å². The first-order valence-corrected chi connectivity index (χ1v) is 8.27. The predicted molar refractivity (Wildman–Crippen MR) is 92.0 cm³/mol. The van der Waals surface area contributed by atoms with Crippen molar-refractivity contribution in [3.05, 3.63) is 11.8 Å². The maximum atomic E-state index is 12.2. The molecule has 0 unspecified atom stereocenters. The van der Waals surface area contributed by atoms with E-state index < -0.39 is 5.60 Å². The second kappa shape index (κ2) is 6.06. The Labute approximate surface area is 139 Å². The van der Waals surface area contributed by atoms with Crippen LogP contribution in [0.25, 0.3) is 0 Å². The van der Waals surface area contributed by atoms with Crippen LogP contribution in [0.4, 0.5) is 10.6 Å². The quantitative estimate of drug-likeness (QED) is 0.797. The van der Waals surface area contributed by atoms with Crippen LogP contribution in [-0.4, -0.2) is 52.6 Å². The van der Waals surface area contributed by atoms with Crippen molar-refractivity contribution < 1.29 is 9.53 Å². The number of carbonyl (C=O) groups excluding carboxylic acids is 1. The van der Waals surface area contributed by atoms with Crippen LogP contribution in [0.15, 0.2) is 6.07 Å². The molecule has 0 saturated carbocycles. The molecular weight excluding hydrogens is 292 g/mol. The fourth-order valence-electron chi connectivity index (χ4n) is 2.65. The SMILES string of the molecule is Cc1cc(N2CCN(C(=O)OC(C)(C)C)CC2)n(C(C)(C)C)n1. The van der Waals surface area contributed by atoms with Crippen LogP contribution < -0.4 is 4.90 Å². The molecule has 1 aromatic rings. The number of ether oxygens (including phenoxy) is 1. The second-order valence-electron chi connectivity index (χ2n) is 8.18. The molecule has 2 heterocycles. The third-order valence-electron chi connectivity index (χ3n) is 3.70. The maximum Gasteiger partial charge on any atom is 0.410 e. The van der Waals surface area contributed by atoms with E-state index in [0.29, 0.717) is 13.1 Å². The number of hydrogen-bond donors (Lipinski definition) is 0.